The van der Waals surface area contributed by atoms with Crippen LogP contribution in [-0.2, 0) is 6.54 Å². The minimum absolute atomic E-state index is 0.739. The molecule has 7 nitrogen and oxygen atoms in total. The zero-order chi connectivity index (χ0) is 17.9. The zero-order valence-electron chi connectivity index (χ0n) is 16.2. The molecule has 0 spiro atoms. The fraction of sp³-hybridized carbons (Fsp3) is 0.737. The van der Waals surface area contributed by atoms with Crippen LogP contribution in [0.25, 0.3) is 5.78 Å². The highest BCUT2D eigenvalue weighted by molar-refractivity contribution is 5.48. The van der Waals surface area contributed by atoms with Gasteiger partial charge in [-0.25, -0.2) is 4.98 Å². The minimum atomic E-state index is 0.739. The molecular weight excluding hydrogens is 326 g/mol. The molecule has 142 valence electrons. The quantitative estimate of drug-likeness (QED) is 0.788. The highest BCUT2D eigenvalue weighted by Gasteiger charge is 2.21. The second-order valence-electron chi connectivity index (χ2n) is 7.66. The molecule has 0 bridgehead atoms. The molecule has 0 radical (unpaired) electrons. The molecule has 2 aromatic rings. The first-order chi connectivity index (χ1) is 12.7. The molecule has 0 saturated carbocycles. The fourth-order valence-electron chi connectivity index (χ4n) is 4.00. The third-order valence-electron chi connectivity index (χ3n) is 5.55. The van der Waals surface area contributed by atoms with Crippen LogP contribution < -0.4 is 4.90 Å². The van der Waals surface area contributed by atoms with Crippen LogP contribution in [-0.4, -0.2) is 75.2 Å². The second kappa shape index (κ2) is 7.88. The van der Waals surface area contributed by atoms with Gasteiger partial charge in [0.1, 0.15) is 5.82 Å². The van der Waals surface area contributed by atoms with E-state index in [4.69, 9.17) is 10.1 Å². The van der Waals surface area contributed by atoms with Gasteiger partial charge in [0.2, 0.25) is 0 Å². The first-order valence-corrected chi connectivity index (χ1v) is 10.2. The van der Waals surface area contributed by atoms with E-state index >= 15 is 0 Å². The Labute approximate surface area is 156 Å². The highest BCUT2D eigenvalue weighted by atomic mass is 15.4. The van der Waals surface area contributed by atoms with E-state index in [0.717, 1.165) is 68.9 Å². The van der Waals surface area contributed by atoms with Gasteiger partial charge >= 0.3 is 0 Å². The van der Waals surface area contributed by atoms with Crippen molar-refractivity contribution in [1.29, 1.82) is 0 Å². The average molecular weight is 358 g/mol. The third kappa shape index (κ3) is 3.83. The third-order valence-corrected chi connectivity index (χ3v) is 5.55. The van der Waals surface area contributed by atoms with Crippen molar-refractivity contribution in [2.24, 2.45) is 0 Å². The molecule has 26 heavy (non-hydrogen) atoms. The van der Waals surface area contributed by atoms with Gasteiger partial charge in [-0.3, -0.25) is 4.90 Å². The molecule has 0 aliphatic carbocycles. The maximum Gasteiger partial charge on any atom is 0.254 e. The number of aromatic nitrogens is 4. The van der Waals surface area contributed by atoms with Gasteiger partial charge in [-0.2, -0.15) is 9.50 Å². The van der Waals surface area contributed by atoms with E-state index in [1.807, 2.05) is 11.4 Å². The van der Waals surface area contributed by atoms with Crippen molar-refractivity contribution in [3.8, 4) is 0 Å². The predicted molar refractivity (Wildman–Crippen MR) is 104 cm³/mol. The van der Waals surface area contributed by atoms with E-state index in [1.54, 1.807) is 0 Å². The van der Waals surface area contributed by atoms with Gasteiger partial charge < -0.3 is 9.80 Å². The van der Waals surface area contributed by atoms with Crippen LogP contribution in [0.1, 0.15) is 44.1 Å². The number of nitrogens with zero attached hydrogens (tertiary/aromatic N) is 7. The van der Waals surface area contributed by atoms with E-state index in [-0.39, 0.29) is 0 Å². The van der Waals surface area contributed by atoms with Crippen LogP contribution in [0.3, 0.4) is 0 Å². The first kappa shape index (κ1) is 17.7. The number of aryl methyl sites for hydroxylation is 1. The van der Waals surface area contributed by atoms with Crippen molar-refractivity contribution >= 4 is 11.6 Å². The molecule has 4 heterocycles. The standard InChI is InChI=1S/C19H31N7/c1-3-4-7-23-10-12-24(13-11-23)15-17-21-19-20-16(2)14-18(26(19)22-17)25-8-5-6-9-25/h14H,3-13,15H2,1-2H3. The summed E-state index contributed by atoms with van der Waals surface area (Å²) in [4.78, 5) is 16.8. The molecule has 4 rings (SSSR count). The Kier molecular flexibility index (Phi) is 5.36. The maximum absolute atomic E-state index is 4.81. The van der Waals surface area contributed by atoms with Gasteiger partial charge in [-0.1, -0.05) is 13.3 Å². The number of fused-ring (bicyclic) bond motifs is 1. The molecule has 0 aromatic carbocycles. The summed E-state index contributed by atoms with van der Waals surface area (Å²) in [6, 6.07) is 2.14. The lowest BCUT2D eigenvalue weighted by Gasteiger charge is -2.34. The lowest BCUT2D eigenvalue weighted by atomic mass is 10.2. The molecule has 7 heteroatoms. The zero-order valence-corrected chi connectivity index (χ0v) is 16.2. The Morgan fingerprint density at radius 1 is 0.962 bits per heavy atom. The van der Waals surface area contributed by atoms with Crippen LogP contribution in [0.5, 0.6) is 0 Å². The smallest absolute Gasteiger partial charge is 0.254 e. The first-order valence-electron chi connectivity index (χ1n) is 10.2. The van der Waals surface area contributed by atoms with Crippen molar-refractivity contribution in [2.45, 2.75) is 46.1 Å². The molecule has 2 aromatic heterocycles. The summed E-state index contributed by atoms with van der Waals surface area (Å²) in [6.45, 7) is 13.1. The molecular formula is C19H31N7. The number of rotatable bonds is 6. The summed E-state index contributed by atoms with van der Waals surface area (Å²) in [6.07, 6.45) is 5.09. The summed E-state index contributed by atoms with van der Waals surface area (Å²) in [5, 5.41) is 4.81. The number of unbranched alkanes of at least 4 members (excludes halogenated alkanes) is 1. The van der Waals surface area contributed by atoms with Crippen LogP contribution in [0.15, 0.2) is 6.07 Å². The Bertz CT molecular complexity index is 727. The van der Waals surface area contributed by atoms with E-state index in [1.165, 1.54) is 32.2 Å². The van der Waals surface area contributed by atoms with Crippen molar-refractivity contribution in [1.82, 2.24) is 29.4 Å². The van der Waals surface area contributed by atoms with E-state index in [9.17, 15) is 0 Å². The maximum atomic E-state index is 4.81. The van der Waals surface area contributed by atoms with E-state index < -0.39 is 0 Å². The Morgan fingerprint density at radius 3 is 2.42 bits per heavy atom. The molecule has 0 N–H and O–H groups in total. The number of anilines is 1. The molecule has 2 aliphatic rings. The van der Waals surface area contributed by atoms with Crippen molar-refractivity contribution in [2.75, 3.05) is 50.7 Å². The van der Waals surface area contributed by atoms with Gasteiger partial charge in [0.25, 0.3) is 5.78 Å². The Morgan fingerprint density at radius 2 is 1.69 bits per heavy atom. The van der Waals surface area contributed by atoms with Gasteiger partial charge in [0.05, 0.1) is 6.54 Å². The monoisotopic (exact) mass is 357 g/mol. The van der Waals surface area contributed by atoms with Crippen molar-refractivity contribution in [3.05, 3.63) is 17.6 Å². The van der Waals surface area contributed by atoms with Gasteiger partial charge in [-0.05, 0) is 32.7 Å². The lowest BCUT2D eigenvalue weighted by molar-refractivity contribution is 0.124. The van der Waals surface area contributed by atoms with Crippen LogP contribution in [0.2, 0.25) is 0 Å². The van der Waals surface area contributed by atoms with Crippen LogP contribution in [0.4, 0.5) is 5.82 Å². The summed E-state index contributed by atoms with van der Waals surface area (Å²) >= 11 is 0. The largest absolute Gasteiger partial charge is 0.356 e. The SMILES string of the molecule is CCCCN1CCN(Cc2nc3nc(C)cc(N4CCCC4)n3n2)CC1. The van der Waals surface area contributed by atoms with Crippen molar-refractivity contribution in [3.63, 3.8) is 0 Å². The molecule has 2 fully saturated rings. The van der Waals surface area contributed by atoms with Crippen LogP contribution >= 0.6 is 0 Å². The summed E-state index contributed by atoms with van der Waals surface area (Å²) in [5.74, 6) is 2.78. The predicted octanol–water partition coefficient (Wildman–Crippen LogP) is 1.95. The van der Waals surface area contributed by atoms with Gasteiger partial charge in [-0.15, -0.1) is 5.10 Å². The second-order valence-corrected chi connectivity index (χ2v) is 7.66. The van der Waals surface area contributed by atoms with Gasteiger partial charge in [0, 0.05) is 51.0 Å². The number of hydrogen-bond donors (Lipinski definition) is 0. The normalized spacial score (nSPS) is 19.7. The summed E-state index contributed by atoms with van der Waals surface area (Å²) in [7, 11) is 0. The Balaban J connectivity index is 1.45. The van der Waals surface area contributed by atoms with E-state index in [0.29, 0.717) is 0 Å². The summed E-state index contributed by atoms with van der Waals surface area (Å²) in [5.41, 5.74) is 1.02. The molecule has 0 unspecified atom stereocenters. The molecule has 2 aliphatic heterocycles. The fourth-order valence-corrected chi connectivity index (χ4v) is 4.00. The number of piperazine rings is 1. The number of hydrogen-bond acceptors (Lipinski definition) is 6. The highest BCUT2D eigenvalue weighted by Crippen LogP contribution is 2.21. The van der Waals surface area contributed by atoms with Crippen LogP contribution in [0, 0.1) is 6.92 Å². The van der Waals surface area contributed by atoms with Gasteiger partial charge in [0.15, 0.2) is 5.82 Å². The molecule has 0 amide bonds. The van der Waals surface area contributed by atoms with E-state index in [2.05, 4.69) is 32.7 Å². The minimum Gasteiger partial charge on any atom is -0.356 e. The lowest BCUT2D eigenvalue weighted by Crippen LogP contribution is -2.46. The average Bonchev–Trinajstić information content (AvgIpc) is 3.30. The topological polar surface area (TPSA) is 52.8 Å². The van der Waals surface area contributed by atoms with Crippen molar-refractivity contribution < 1.29 is 0 Å². The Hall–Kier alpha value is -1.73. The molecule has 2 saturated heterocycles. The summed E-state index contributed by atoms with van der Waals surface area (Å²) < 4.78 is 1.95. The molecule has 0 atom stereocenters.